The second-order valence-electron chi connectivity index (χ2n) is 5.25. The van der Waals surface area contributed by atoms with Crippen LogP contribution in [0.1, 0.15) is 11.1 Å². The van der Waals surface area contributed by atoms with Gasteiger partial charge in [0.2, 0.25) is 5.75 Å². The first kappa shape index (κ1) is 17.5. The van der Waals surface area contributed by atoms with Crippen LogP contribution >= 0.6 is 23.2 Å². The molecular weight excluding hydrogens is 365 g/mol. The SMILES string of the molecule is COc1cc(/C=C2\C(=O)Nc3c(Cl)ccc(Cl)c32)cc(OC)c1OC. The van der Waals surface area contributed by atoms with E-state index in [1.54, 1.807) is 30.3 Å². The van der Waals surface area contributed by atoms with Gasteiger partial charge < -0.3 is 19.5 Å². The molecule has 1 N–H and O–H groups in total. The number of benzene rings is 2. The lowest BCUT2D eigenvalue weighted by atomic mass is 10.0. The van der Waals surface area contributed by atoms with Crippen molar-refractivity contribution in [3.05, 3.63) is 45.4 Å². The van der Waals surface area contributed by atoms with Gasteiger partial charge in [0.25, 0.3) is 5.91 Å². The van der Waals surface area contributed by atoms with Crippen molar-refractivity contribution in [2.75, 3.05) is 26.6 Å². The first-order valence-electron chi connectivity index (χ1n) is 7.31. The third-order valence-corrected chi connectivity index (χ3v) is 4.48. The summed E-state index contributed by atoms with van der Waals surface area (Å²) in [7, 11) is 4.59. The molecule has 0 unspecified atom stereocenters. The van der Waals surface area contributed by atoms with Crippen molar-refractivity contribution >= 4 is 46.4 Å². The van der Waals surface area contributed by atoms with Crippen LogP contribution in [0.4, 0.5) is 5.69 Å². The third kappa shape index (κ3) is 3.01. The molecule has 5 nitrogen and oxygen atoms in total. The summed E-state index contributed by atoms with van der Waals surface area (Å²) >= 11 is 12.4. The zero-order valence-electron chi connectivity index (χ0n) is 13.8. The standard InChI is InChI=1S/C18H15Cl2NO4/c1-23-13-7-9(8-14(24-2)17(13)25-3)6-10-15-11(19)4-5-12(20)16(15)21-18(10)22/h4-8H,1-3H3,(H,21,22)/b10-6-. The maximum atomic E-state index is 12.4. The van der Waals surface area contributed by atoms with Gasteiger partial charge in [-0.25, -0.2) is 0 Å². The van der Waals surface area contributed by atoms with Crippen LogP contribution < -0.4 is 19.5 Å². The van der Waals surface area contributed by atoms with Gasteiger partial charge in [-0.1, -0.05) is 23.2 Å². The van der Waals surface area contributed by atoms with E-state index in [1.807, 2.05) is 0 Å². The van der Waals surface area contributed by atoms with E-state index in [4.69, 9.17) is 37.4 Å². The molecule has 3 rings (SSSR count). The van der Waals surface area contributed by atoms with Crippen molar-refractivity contribution in [3.63, 3.8) is 0 Å². The van der Waals surface area contributed by atoms with Crippen LogP contribution in [-0.2, 0) is 4.79 Å². The van der Waals surface area contributed by atoms with Crippen molar-refractivity contribution in [2.45, 2.75) is 0 Å². The van der Waals surface area contributed by atoms with Crippen LogP contribution in [-0.4, -0.2) is 27.2 Å². The van der Waals surface area contributed by atoms with E-state index >= 15 is 0 Å². The van der Waals surface area contributed by atoms with Gasteiger partial charge in [0.1, 0.15) is 0 Å². The smallest absolute Gasteiger partial charge is 0.256 e. The van der Waals surface area contributed by atoms with Crippen LogP contribution in [0, 0.1) is 0 Å². The lowest BCUT2D eigenvalue weighted by Crippen LogP contribution is -2.04. The predicted octanol–water partition coefficient (Wildman–Crippen LogP) is 4.51. The normalized spacial score (nSPS) is 14.3. The van der Waals surface area contributed by atoms with E-state index in [-0.39, 0.29) is 5.91 Å². The summed E-state index contributed by atoms with van der Waals surface area (Å²) in [5.74, 6) is 1.18. The van der Waals surface area contributed by atoms with Crippen molar-refractivity contribution in [1.82, 2.24) is 0 Å². The molecule has 1 amide bonds. The topological polar surface area (TPSA) is 56.8 Å². The average Bonchev–Trinajstić information content (AvgIpc) is 2.95. The van der Waals surface area contributed by atoms with Gasteiger partial charge in [0, 0.05) is 5.56 Å². The number of methoxy groups -OCH3 is 3. The van der Waals surface area contributed by atoms with E-state index in [0.717, 1.165) is 0 Å². The Hall–Kier alpha value is -2.37. The number of amides is 1. The van der Waals surface area contributed by atoms with Gasteiger partial charge in [-0.05, 0) is 35.9 Å². The number of nitrogens with one attached hydrogen (secondary N) is 1. The molecular formula is C18H15Cl2NO4. The zero-order chi connectivity index (χ0) is 18.1. The highest BCUT2D eigenvalue weighted by Gasteiger charge is 2.29. The molecule has 0 saturated carbocycles. The summed E-state index contributed by atoms with van der Waals surface area (Å²) in [5.41, 5.74) is 2.20. The summed E-state index contributed by atoms with van der Waals surface area (Å²) < 4.78 is 16.0. The van der Waals surface area contributed by atoms with Crippen molar-refractivity contribution in [2.24, 2.45) is 0 Å². The minimum atomic E-state index is -0.279. The molecule has 0 fully saturated rings. The molecule has 0 aliphatic carbocycles. The number of ether oxygens (including phenoxy) is 3. The van der Waals surface area contributed by atoms with Gasteiger partial charge in [-0.2, -0.15) is 0 Å². The number of halogens is 2. The van der Waals surface area contributed by atoms with Crippen LogP contribution in [0.3, 0.4) is 0 Å². The highest BCUT2D eigenvalue weighted by atomic mass is 35.5. The summed E-state index contributed by atoms with van der Waals surface area (Å²) in [5, 5.41) is 3.62. The van der Waals surface area contributed by atoms with E-state index in [9.17, 15) is 4.79 Å². The third-order valence-electron chi connectivity index (χ3n) is 3.85. The largest absolute Gasteiger partial charge is 0.493 e. The Morgan fingerprint density at radius 2 is 1.56 bits per heavy atom. The first-order valence-corrected chi connectivity index (χ1v) is 8.07. The fraction of sp³-hybridized carbons (Fsp3) is 0.167. The Bertz CT molecular complexity index is 868. The molecule has 0 radical (unpaired) electrons. The molecule has 1 aliphatic rings. The number of hydrogen-bond donors (Lipinski definition) is 1. The Balaban J connectivity index is 2.17. The predicted molar refractivity (Wildman–Crippen MR) is 99.1 cm³/mol. The maximum absolute atomic E-state index is 12.4. The monoisotopic (exact) mass is 379 g/mol. The van der Waals surface area contributed by atoms with Crippen molar-refractivity contribution in [1.29, 1.82) is 0 Å². The molecule has 0 saturated heterocycles. The fourth-order valence-corrected chi connectivity index (χ4v) is 3.18. The van der Waals surface area contributed by atoms with Crippen molar-refractivity contribution < 1.29 is 19.0 Å². The molecule has 0 spiro atoms. The lowest BCUT2D eigenvalue weighted by Gasteiger charge is -2.13. The van der Waals surface area contributed by atoms with E-state index in [0.29, 0.717) is 49.7 Å². The highest BCUT2D eigenvalue weighted by Crippen LogP contribution is 2.44. The molecule has 1 aliphatic heterocycles. The minimum absolute atomic E-state index is 0.279. The molecule has 1 heterocycles. The van der Waals surface area contributed by atoms with Crippen LogP contribution in [0.5, 0.6) is 17.2 Å². The number of rotatable bonds is 4. The molecule has 0 atom stereocenters. The van der Waals surface area contributed by atoms with Crippen molar-refractivity contribution in [3.8, 4) is 17.2 Å². The number of anilines is 1. The summed E-state index contributed by atoms with van der Waals surface area (Å²) in [6.07, 6.45) is 1.70. The van der Waals surface area contributed by atoms with Crippen LogP contribution in [0.15, 0.2) is 24.3 Å². The first-order chi connectivity index (χ1) is 12.0. The van der Waals surface area contributed by atoms with Gasteiger partial charge in [0.05, 0.1) is 42.6 Å². The highest BCUT2D eigenvalue weighted by molar-refractivity contribution is 6.45. The minimum Gasteiger partial charge on any atom is -0.493 e. The second kappa shape index (κ2) is 6.86. The average molecular weight is 380 g/mol. The molecule has 25 heavy (non-hydrogen) atoms. The number of carbonyl (C=O) groups is 1. The Morgan fingerprint density at radius 3 is 2.12 bits per heavy atom. The maximum Gasteiger partial charge on any atom is 0.256 e. The fourth-order valence-electron chi connectivity index (χ4n) is 2.72. The van der Waals surface area contributed by atoms with Crippen LogP contribution in [0.2, 0.25) is 10.0 Å². The Morgan fingerprint density at radius 1 is 0.960 bits per heavy atom. The van der Waals surface area contributed by atoms with E-state index < -0.39 is 0 Å². The lowest BCUT2D eigenvalue weighted by molar-refractivity contribution is -0.110. The van der Waals surface area contributed by atoms with Crippen LogP contribution in [0.25, 0.3) is 11.6 Å². The zero-order valence-corrected chi connectivity index (χ0v) is 15.3. The van der Waals surface area contributed by atoms with E-state index in [2.05, 4.69) is 5.32 Å². The molecule has 7 heteroatoms. The molecule has 2 aromatic rings. The van der Waals surface area contributed by atoms with Gasteiger partial charge in [0.15, 0.2) is 11.5 Å². The Kier molecular flexibility index (Phi) is 4.79. The second-order valence-corrected chi connectivity index (χ2v) is 6.06. The molecule has 0 bridgehead atoms. The number of hydrogen-bond acceptors (Lipinski definition) is 4. The quantitative estimate of drug-likeness (QED) is 0.793. The van der Waals surface area contributed by atoms with Gasteiger partial charge >= 0.3 is 0 Å². The molecule has 130 valence electrons. The number of fused-ring (bicyclic) bond motifs is 1. The van der Waals surface area contributed by atoms with E-state index in [1.165, 1.54) is 21.3 Å². The summed E-state index contributed by atoms with van der Waals surface area (Å²) in [4.78, 5) is 12.4. The summed E-state index contributed by atoms with van der Waals surface area (Å²) in [6, 6.07) is 6.80. The molecule has 2 aromatic carbocycles. The van der Waals surface area contributed by atoms with Gasteiger partial charge in [-0.3, -0.25) is 4.79 Å². The summed E-state index contributed by atoms with van der Waals surface area (Å²) in [6.45, 7) is 0. The Labute approximate surface area is 155 Å². The van der Waals surface area contributed by atoms with Gasteiger partial charge in [-0.15, -0.1) is 0 Å². The number of carbonyl (C=O) groups excluding carboxylic acids is 1. The molecule has 0 aromatic heterocycles.